The van der Waals surface area contributed by atoms with E-state index in [1.54, 1.807) is 4.98 Å². The van der Waals surface area contributed by atoms with Crippen LogP contribution in [0.4, 0.5) is 13.2 Å². The van der Waals surface area contributed by atoms with E-state index in [2.05, 4.69) is 13.1 Å². The fraction of sp³-hybridized carbons (Fsp3) is 0.615. The van der Waals surface area contributed by atoms with E-state index in [1.165, 1.54) is 0 Å². The first-order valence-corrected chi connectivity index (χ1v) is 14.0. The van der Waals surface area contributed by atoms with Gasteiger partial charge in [0.15, 0.2) is 6.23 Å². The van der Waals surface area contributed by atoms with Crippen LogP contribution < -0.4 is 11.2 Å². The highest BCUT2D eigenvalue weighted by Crippen LogP contribution is 2.66. The number of aliphatic hydroxyl groups excluding tert-OH is 2. The second-order valence-electron chi connectivity index (χ2n) is 7.41. The van der Waals surface area contributed by atoms with Crippen LogP contribution in [0.2, 0.25) is 0 Å². The van der Waals surface area contributed by atoms with Crippen molar-refractivity contribution >= 4 is 29.4 Å². The van der Waals surface area contributed by atoms with Crippen LogP contribution in [0.3, 0.4) is 0 Å². The Bertz CT molecular complexity index is 1310. The van der Waals surface area contributed by atoms with E-state index in [0.717, 1.165) is 0 Å². The van der Waals surface area contributed by atoms with Crippen LogP contribution in [0.1, 0.15) is 11.8 Å². The zero-order chi connectivity index (χ0) is 29.4. The number of nitrogens with zero attached hydrogens (tertiary/aromatic N) is 2. The van der Waals surface area contributed by atoms with Crippen LogP contribution in [0, 0.1) is 0 Å². The van der Waals surface area contributed by atoms with Gasteiger partial charge >= 0.3 is 41.2 Å². The molecule has 25 heteroatoms. The molecule has 7 N–H and O–H groups in total. The van der Waals surface area contributed by atoms with Gasteiger partial charge in [-0.25, -0.2) is 18.5 Å². The molecule has 1 saturated heterocycles. The first-order chi connectivity index (χ1) is 17.0. The summed E-state index contributed by atoms with van der Waals surface area (Å²) in [4.78, 5) is 72.9. The Morgan fingerprint density at radius 3 is 2.21 bits per heavy atom. The van der Waals surface area contributed by atoms with Crippen molar-refractivity contribution in [2.75, 3.05) is 13.7 Å². The monoisotopic (exact) mass is 623 g/mol. The summed E-state index contributed by atoms with van der Waals surface area (Å²) in [5.41, 5.74) is -3.09. The van der Waals surface area contributed by atoms with Crippen LogP contribution in [0.15, 0.2) is 15.8 Å². The molecule has 2 unspecified atom stereocenters. The Morgan fingerprint density at radius 1 is 1.11 bits per heavy atom. The Hall–Kier alpha value is -1.77. The lowest BCUT2D eigenvalue weighted by Gasteiger charge is -2.21. The first kappa shape index (κ1) is 32.4. The van der Waals surface area contributed by atoms with Gasteiger partial charge in [0.25, 0.3) is 5.56 Å². The highest BCUT2D eigenvalue weighted by Gasteiger charge is 2.47. The van der Waals surface area contributed by atoms with Gasteiger partial charge in [-0.15, -0.1) is 0 Å². The number of carbonyl (C=O) groups excluding carboxylic acids is 1. The van der Waals surface area contributed by atoms with Gasteiger partial charge in [0.05, 0.1) is 18.7 Å². The Kier molecular flexibility index (Phi) is 9.71. The third-order valence-corrected chi connectivity index (χ3v) is 8.27. The number of aliphatic hydroxyl groups is 2. The average Bonchev–Trinajstić information content (AvgIpc) is 2.98. The Balaban J connectivity index is 2.19. The molecule has 218 valence electrons. The summed E-state index contributed by atoms with van der Waals surface area (Å²) < 4.78 is 88.4. The van der Waals surface area contributed by atoms with Gasteiger partial charge in [-0.05, 0) is 0 Å². The summed E-state index contributed by atoms with van der Waals surface area (Å²) in [5.74, 6) is -2.33. The van der Waals surface area contributed by atoms with Crippen molar-refractivity contribution in [2.45, 2.75) is 37.3 Å². The number of phosphoric ester groups is 1. The molecule has 1 aliphatic heterocycles. The van der Waals surface area contributed by atoms with Crippen LogP contribution in [0.25, 0.3) is 0 Å². The number of ether oxygens (including phenoxy) is 1. The molecule has 1 amide bonds. The highest BCUT2D eigenvalue weighted by atomic mass is 31.3. The molecular formula is C13H19F3N3O16P3. The number of carbonyl (C=O) groups is 1. The van der Waals surface area contributed by atoms with Gasteiger partial charge in [0.2, 0.25) is 0 Å². The molecule has 1 aromatic rings. The number of phosphoric acid groups is 3. The van der Waals surface area contributed by atoms with E-state index < -0.39 is 90.1 Å². The lowest BCUT2D eigenvalue weighted by atomic mass is 10.1. The third-order valence-electron chi connectivity index (χ3n) is 4.47. The number of alkyl halides is 3. The molecule has 19 nitrogen and oxygen atoms in total. The number of amides is 1. The van der Waals surface area contributed by atoms with E-state index in [1.807, 2.05) is 0 Å². The summed E-state index contributed by atoms with van der Waals surface area (Å²) in [6.45, 7) is -2.19. The standard InChI is InChI=1S/C13H19F3N3O16P3/c1-18(11(23)13(14,15)16)2-5-3-19(12(24)17-9(5)22)10-8(21)7(20)6(33-10)4-32-37(28,29)35-38(30,31)34-36(25,26)27/h3,6-8,10,20-21H,2,4H2,1H3,(H,28,29)(H,30,31)(H,17,22,24)(H2,25,26,27)/t6-,7+,8+,10-/m1/s1. The van der Waals surface area contributed by atoms with Crippen molar-refractivity contribution in [1.29, 1.82) is 0 Å². The third kappa shape index (κ3) is 8.62. The van der Waals surface area contributed by atoms with E-state index in [0.29, 0.717) is 17.8 Å². The van der Waals surface area contributed by atoms with Crippen LogP contribution in [-0.4, -0.2) is 88.3 Å². The van der Waals surface area contributed by atoms with Crippen molar-refractivity contribution < 1.29 is 79.3 Å². The predicted octanol–water partition coefficient (Wildman–Crippen LogP) is -1.98. The van der Waals surface area contributed by atoms with Gasteiger partial charge in [-0.3, -0.25) is 23.7 Å². The van der Waals surface area contributed by atoms with Crippen LogP contribution in [0.5, 0.6) is 0 Å². The summed E-state index contributed by atoms with van der Waals surface area (Å²) >= 11 is 0. The minimum Gasteiger partial charge on any atom is -0.387 e. The molecular weight excluding hydrogens is 604 g/mol. The molecule has 2 heterocycles. The molecule has 1 fully saturated rings. The summed E-state index contributed by atoms with van der Waals surface area (Å²) in [6, 6.07) is 0. The molecule has 0 saturated carbocycles. The fourth-order valence-corrected chi connectivity index (χ4v) is 5.97. The molecule has 0 aromatic carbocycles. The maximum atomic E-state index is 12.6. The van der Waals surface area contributed by atoms with Crippen molar-refractivity contribution in [3.05, 3.63) is 32.6 Å². The van der Waals surface area contributed by atoms with Crippen molar-refractivity contribution in [2.24, 2.45) is 0 Å². The molecule has 1 aromatic heterocycles. The zero-order valence-corrected chi connectivity index (χ0v) is 21.1. The number of halogens is 3. The zero-order valence-electron chi connectivity index (χ0n) is 18.4. The molecule has 0 bridgehead atoms. The maximum Gasteiger partial charge on any atom is 0.490 e. The average molecular weight is 623 g/mol. The molecule has 6 atom stereocenters. The number of aromatic amines is 1. The highest BCUT2D eigenvalue weighted by molar-refractivity contribution is 7.66. The number of hydrogen-bond acceptors (Lipinski definition) is 12. The van der Waals surface area contributed by atoms with Crippen molar-refractivity contribution in [3.8, 4) is 0 Å². The van der Waals surface area contributed by atoms with E-state index in [4.69, 9.17) is 19.4 Å². The largest absolute Gasteiger partial charge is 0.490 e. The quantitative estimate of drug-likeness (QED) is 0.139. The van der Waals surface area contributed by atoms with Gasteiger partial charge < -0.3 is 39.4 Å². The summed E-state index contributed by atoms with van der Waals surface area (Å²) in [5, 5.41) is 20.4. The molecule has 1 aliphatic rings. The van der Waals surface area contributed by atoms with Gasteiger partial charge in [0, 0.05) is 13.2 Å². The number of nitrogens with one attached hydrogen (secondary N) is 1. The minimum absolute atomic E-state index is 0.103. The van der Waals surface area contributed by atoms with Crippen molar-refractivity contribution in [3.63, 3.8) is 0 Å². The lowest BCUT2D eigenvalue weighted by molar-refractivity contribution is -0.184. The second-order valence-corrected chi connectivity index (χ2v) is 11.8. The second kappa shape index (κ2) is 11.4. The number of hydrogen-bond donors (Lipinski definition) is 7. The van der Waals surface area contributed by atoms with Gasteiger partial charge in [-0.2, -0.15) is 21.8 Å². The van der Waals surface area contributed by atoms with E-state index in [9.17, 15) is 56.4 Å². The fourth-order valence-electron chi connectivity index (χ4n) is 2.94. The maximum absolute atomic E-state index is 12.6. The van der Waals surface area contributed by atoms with E-state index >= 15 is 0 Å². The lowest BCUT2D eigenvalue weighted by Crippen LogP contribution is -2.42. The smallest absolute Gasteiger partial charge is 0.387 e. The molecule has 0 radical (unpaired) electrons. The Labute approximate surface area is 207 Å². The number of H-pyrrole nitrogens is 1. The van der Waals surface area contributed by atoms with Crippen LogP contribution >= 0.6 is 23.5 Å². The van der Waals surface area contributed by atoms with Crippen molar-refractivity contribution in [1.82, 2.24) is 14.5 Å². The number of rotatable bonds is 10. The normalized spacial score (nSPS) is 25.5. The number of aromatic nitrogens is 2. The Morgan fingerprint density at radius 2 is 1.68 bits per heavy atom. The molecule has 0 aliphatic carbocycles. The van der Waals surface area contributed by atoms with Gasteiger partial charge in [-0.1, -0.05) is 0 Å². The molecule has 2 rings (SSSR count). The summed E-state index contributed by atoms with van der Waals surface area (Å²) in [7, 11) is -16.5. The first-order valence-electron chi connectivity index (χ1n) is 9.49. The minimum atomic E-state index is -5.86. The van der Waals surface area contributed by atoms with Crippen LogP contribution in [-0.2, 0) is 42.9 Å². The van der Waals surface area contributed by atoms with Gasteiger partial charge in [0.1, 0.15) is 18.3 Å². The SMILES string of the molecule is CN(Cc1cn([C@@H]2O[C@H](COP(=O)(O)OP(=O)(O)OP(=O)(O)O)[C@H](O)[C@@H]2O)c(=O)[nH]c1=O)C(=O)C(F)(F)F. The summed E-state index contributed by atoms with van der Waals surface area (Å²) in [6.07, 6.45) is -12.4. The molecule has 0 spiro atoms. The van der Waals surface area contributed by atoms with E-state index in [-0.39, 0.29) is 4.90 Å². The predicted molar refractivity (Wildman–Crippen MR) is 110 cm³/mol. The molecule has 38 heavy (non-hydrogen) atoms. The topological polar surface area (TPSA) is 285 Å².